The molecule has 0 unspecified atom stereocenters. The summed E-state index contributed by atoms with van der Waals surface area (Å²) in [5.74, 6) is -0.752. The van der Waals surface area contributed by atoms with Crippen molar-refractivity contribution >= 4 is 11.9 Å². The number of rotatable bonds is 8. The van der Waals surface area contributed by atoms with Crippen molar-refractivity contribution < 1.29 is 24.5 Å². The molecule has 0 aliphatic carbocycles. The minimum absolute atomic E-state index is 0.0120. The summed E-state index contributed by atoms with van der Waals surface area (Å²) in [6.45, 7) is 2.30. The molecule has 0 bridgehead atoms. The third-order valence-corrected chi connectivity index (χ3v) is 5.82. The van der Waals surface area contributed by atoms with Crippen molar-refractivity contribution in [3.8, 4) is 5.75 Å². The molecule has 3 atom stereocenters. The van der Waals surface area contributed by atoms with E-state index in [9.17, 15) is 14.7 Å². The molecule has 0 saturated carbocycles. The zero-order chi connectivity index (χ0) is 20.2. The van der Waals surface area contributed by atoms with Gasteiger partial charge in [0.2, 0.25) is 5.91 Å². The smallest absolute Gasteiger partial charge is 0.324 e. The molecular formula is C20H30N2O5. The van der Waals surface area contributed by atoms with Crippen LogP contribution in [0.4, 0.5) is 0 Å². The fourth-order valence-corrected chi connectivity index (χ4v) is 4.12. The van der Waals surface area contributed by atoms with Gasteiger partial charge in [-0.05, 0) is 44.0 Å². The van der Waals surface area contributed by atoms with Crippen LogP contribution in [-0.4, -0.2) is 71.8 Å². The maximum atomic E-state index is 13.1. The number of nitrogens with zero attached hydrogens (tertiary/aromatic N) is 2. The molecule has 1 fully saturated rings. The summed E-state index contributed by atoms with van der Waals surface area (Å²) in [4.78, 5) is 28.7. The van der Waals surface area contributed by atoms with E-state index < -0.39 is 17.4 Å². The van der Waals surface area contributed by atoms with Gasteiger partial charge in [0.25, 0.3) is 0 Å². The lowest BCUT2D eigenvalue weighted by Crippen LogP contribution is -2.48. The van der Waals surface area contributed by atoms with Crippen LogP contribution in [-0.2, 0) is 9.59 Å². The van der Waals surface area contributed by atoms with Gasteiger partial charge in [-0.3, -0.25) is 14.5 Å². The van der Waals surface area contributed by atoms with Crippen LogP contribution in [0.5, 0.6) is 5.75 Å². The molecule has 1 aromatic carbocycles. The van der Waals surface area contributed by atoms with Crippen LogP contribution < -0.4 is 4.74 Å². The lowest BCUT2D eigenvalue weighted by molar-refractivity contribution is -0.150. The van der Waals surface area contributed by atoms with E-state index in [1.54, 1.807) is 26.1 Å². The number of aliphatic carboxylic acids is 1. The molecule has 1 aromatic rings. The Hall–Kier alpha value is -2.12. The minimum Gasteiger partial charge on any atom is -0.497 e. The van der Waals surface area contributed by atoms with Crippen LogP contribution in [0.1, 0.15) is 37.8 Å². The molecule has 7 nitrogen and oxygen atoms in total. The molecule has 1 aliphatic rings. The predicted molar refractivity (Wildman–Crippen MR) is 102 cm³/mol. The normalized spacial score (nSPS) is 25.4. The highest BCUT2D eigenvalue weighted by Gasteiger charge is 2.56. The summed E-state index contributed by atoms with van der Waals surface area (Å²) < 4.78 is 5.21. The van der Waals surface area contributed by atoms with E-state index in [1.807, 2.05) is 36.1 Å². The van der Waals surface area contributed by atoms with E-state index in [1.165, 1.54) is 0 Å². The number of carboxylic acids is 1. The number of benzene rings is 1. The Morgan fingerprint density at radius 2 is 1.96 bits per heavy atom. The molecule has 1 aliphatic heterocycles. The fraction of sp³-hybridized carbons (Fsp3) is 0.600. The predicted octanol–water partition coefficient (Wildman–Crippen LogP) is 1.76. The molecule has 1 heterocycles. The zero-order valence-electron chi connectivity index (χ0n) is 16.5. The zero-order valence-corrected chi connectivity index (χ0v) is 16.5. The van der Waals surface area contributed by atoms with Crippen LogP contribution in [0.3, 0.4) is 0 Å². The van der Waals surface area contributed by atoms with E-state index in [0.717, 1.165) is 5.56 Å². The molecule has 1 saturated heterocycles. The number of hydrogen-bond donors (Lipinski definition) is 2. The monoisotopic (exact) mass is 378 g/mol. The third-order valence-electron chi connectivity index (χ3n) is 5.82. The molecule has 150 valence electrons. The number of aliphatic hydroxyl groups excluding tert-OH is 1. The average Bonchev–Trinajstić information content (AvgIpc) is 2.99. The number of likely N-dealkylation sites (N-methyl/N-ethyl adjacent to an activating group) is 1. The van der Waals surface area contributed by atoms with Crippen molar-refractivity contribution in [2.75, 3.05) is 34.4 Å². The summed E-state index contributed by atoms with van der Waals surface area (Å²) in [6.07, 6.45) is 1.17. The Balaban J connectivity index is 2.42. The van der Waals surface area contributed by atoms with Crippen molar-refractivity contribution in [1.29, 1.82) is 0 Å². The highest BCUT2D eigenvalue weighted by molar-refractivity contribution is 5.85. The first-order valence-corrected chi connectivity index (χ1v) is 9.28. The Bertz CT molecular complexity index is 663. The maximum Gasteiger partial charge on any atom is 0.324 e. The second kappa shape index (κ2) is 8.71. The number of carboxylic acid groups (broad SMARTS) is 1. The van der Waals surface area contributed by atoms with Gasteiger partial charge in [-0.15, -0.1) is 0 Å². The number of methoxy groups -OCH3 is 1. The van der Waals surface area contributed by atoms with E-state index in [0.29, 0.717) is 25.1 Å². The van der Waals surface area contributed by atoms with E-state index >= 15 is 0 Å². The number of aliphatic hydroxyl groups is 1. The highest BCUT2D eigenvalue weighted by atomic mass is 16.5. The molecule has 1 amide bonds. The second-order valence-electron chi connectivity index (χ2n) is 7.17. The molecule has 0 spiro atoms. The SMILES string of the molecule is CC[C@@]1(C(=O)O)C[C@H](C(=O)N(C)CCCO)[C@H](c2ccc(OC)cc2)N1C. The summed E-state index contributed by atoms with van der Waals surface area (Å²) in [6, 6.07) is 7.10. The van der Waals surface area contributed by atoms with Crippen molar-refractivity contribution in [3.05, 3.63) is 29.8 Å². The Labute approximate surface area is 160 Å². The van der Waals surface area contributed by atoms with Gasteiger partial charge in [-0.25, -0.2) is 0 Å². The largest absolute Gasteiger partial charge is 0.497 e. The molecule has 27 heavy (non-hydrogen) atoms. The standard InChI is InChI=1S/C20H30N2O5/c1-5-20(19(25)26)13-16(18(24)21(2)11-6-12-23)17(22(20)3)14-7-9-15(27-4)10-8-14/h7-10,16-17,23H,5-6,11-13H2,1-4H3,(H,25,26)/t16-,17-,20-/m0/s1. The van der Waals surface area contributed by atoms with Crippen LogP contribution in [0.2, 0.25) is 0 Å². The van der Waals surface area contributed by atoms with Crippen LogP contribution >= 0.6 is 0 Å². The van der Waals surface area contributed by atoms with Gasteiger partial charge in [0.1, 0.15) is 11.3 Å². The first-order valence-electron chi connectivity index (χ1n) is 9.28. The molecule has 0 aromatic heterocycles. The van der Waals surface area contributed by atoms with E-state index in [-0.39, 0.29) is 25.0 Å². The average molecular weight is 378 g/mol. The Morgan fingerprint density at radius 3 is 2.44 bits per heavy atom. The Morgan fingerprint density at radius 1 is 1.33 bits per heavy atom. The fourth-order valence-electron chi connectivity index (χ4n) is 4.12. The summed E-state index contributed by atoms with van der Waals surface area (Å²) >= 11 is 0. The lowest BCUT2D eigenvalue weighted by Gasteiger charge is -2.34. The summed E-state index contributed by atoms with van der Waals surface area (Å²) in [7, 11) is 5.08. The van der Waals surface area contributed by atoms with Gasteiger partial charge in [0.05, 0.1) is 13.0 Å². The van der Waals surface area contributed by atoms with Gasteiger partial charge in [-0.2, -0.15) is 0 Å². The number of carbonyl (C=O) groups excluding carboxylic acids is 1. The molecule has 0 radical (unpaired) electrons. The molecular weight excluding hydrogens is 348 g/mol. The second-order valence-corrected chi connectivity index (χ2v) is 7.17. The first-order chi connectivity index (χ1) is 12.8. The first kappa shape index (κ1) is 21.2. The Kier molecular flexibility index (Phi) is 6.84. The molecule has 7 heteroatoms. The van der Waals surface area contributed by atoms with Gasteiger partial charge in [0, 0.05) is 26.2 Å². The van der Waals surface area contributed by atoms with E-state index in [4.69, 9.17) is 9.84 Å². The van der Waals surface area contributed by atoms with Crippen LogP contribution in [0.15, 0.2) is 24.3 Å². The van der Waals surface area contributed by atoms with Gasteiger partial charge >= 0.3 is 5.97 Å². The van der Waals surface area contributed by atoms with Crippen molar-refractivity contribution in [2.24, 2.45) is 5.92 Å². The van der Waals surface area contributed by atoms with Gasteiger partial charge in [0.15, 0.2) is 0 Å². The van der Waals surface area contributed by atoms with Gasteiger partial charge < -0.3 is 19.8 Å². The topological polar surface area (TPSA) is 90.3 Å². The minimum atomic E-state index is -1.08. The highest BCUT2D eigenvalue weighted by Crippen LogP contribution is 2.48. The van der Waals surface area contributed by atoms with Crippen molar-refractivity contribution in [3.63, 3.8) is 0 Å². The number of hydrogen-bond acceptors (Lipinski definition) is 5. The van der Waals surface area contributed by atoms with E-state index in [2.05, 4.69) is 0 Å². The van der Waals surface area contributed by atoms with Gasteiger partial charge in [-0.1, -0.05) is 19.1 Å². The number of carbonyl (C=O) groups is 2. The lowest BCUT2D eigenvalue weighted by atomic mass is 9.86. The number of ether oxygens (including phenoxy) is 1. The quantitative estimate of drug-likeness (QED) is 0.716. The molecule has 2 rings (SSSR count). The third kappa shape index (κ3) is 3.94. The van der Waals surface area contributed by atoms with Crippen molar-refractivity contribution in [2.45, 2.75) is 37.8 Å². The summed E-state index contributed by atoms with van der Waals surface area (Å²) in [5, 5.41) is 19.0. The number of amides is 1. The van der Waals surface area contributed by atoms with Crippen LogP contribution in [0.25, 0.3) is 0 Å². The number of likely N-dealkylation sites (tertiary alicyclic amines) is 1. The van der Waals surface area contributed by atoms with Crippen molar-refractivity contribution in [1.82, 2.24) is 9.80 Å². The summed E-state index contributed by atoms with van der Waals surface area (Å²) in [5.41, 5.74) is -0.188. The maximum absolute atomic E-state index is 13.1. The van der Waals surface area contributed by atoms with Crippen LogP contribution in [0, 0.1) is 5.92 Å². The molecule has 2 N–H and O–H groups in total.